The van der Waals surface area contributed by atoms with E-state index in [0.29, 0.717) is 11.2 Å². The highest BCUT2D eigenvalue weighted by Crippen LogP contribution is 2.34. The molecule has 3 atom stereocenters. The molecule has 0 amide bonds. The first-order chi connectivity index (χ1) is 17.8. The molecule has 37 heavy (non-hydrogen) atoms. The van der Waals surface area contributed by atoms with Crippen LogP contribution in [0.15, 0.2) is 35.4 Å². The van der Waals surface area contributed by atoms with Gasteiger partial charge in [0, 0.05) is 50.5 Å². The molecule has 9 nitrogen and oxygen atoms in total. The highest BCUT2D eigenvalue weighted by molar-refractivity contribution is 5.88. The van der Waals surface area contributed by atoms with E-state index in [4.69, 9.17) is 5.26 Å². The fourth-order valence-electron chi connectivity index (χ4n) is 5.67. The summed E-state index contributed by atoms with van der Waals surface area (Å²) >= 11 is 0. The molecule has 0 bridgehead atoms. The number of rotatable bonds is 6. The molecule has 194 valence electrons. The van der Waals surface area contributed by atoms with Gasteiger partial charge in [-0.1, -0.05) is 13.8 Å². The van der Waals surface area contributed by atoms with E-state index in [2.05, 4.69) is 46.8 Å². The van der Waals surface area contributed by atoms with Gasteiger partial charge in [-0.05, 0) is 44.4 Å². The van der Waals surface area contributed by atoms with Crippen LogP contribution in [-0.2, 0) is 13.6 Å². The Hall–Kier alpha value is -3.71. The van der Waals surface area contributed by atoms with Gasteiger partial charge in [-0.3, -0.25) is 14.4 Å². The number of halogens is 1. The fourth-order valence-corrected chi connectivity index (χ4v) is 5.67. The van der Waals surface area contributed by atoms with Crippen molar-refractivity contribution in [1.29, 1.82) is 5.26 Å². The Morgan fingerprint density at radius 1 is 1.16 bits per heavy atom. The van der Waals surface area contributed by atoms with Crippen molar-refractivity contribution < 1.29 is 4.39 Å². The van der Waals surface area contributed by atoms with Crippen LogP contribution < -0.4 is 10.5 Å². The molecule has 1 aliphatic heterocycles. The zero-order chi connectivity index (χ0) is 26.4. The molecular weight excluding hydrogens is 471 g/mol. The summed E-state index contributed by atoms with van der Waals surface area (Å²) in [6.07, 6.45) is 5.43. The van der Waals surface area contributed by atoms with E-state index in [-0.39, 0.29) is 36.0 Å². The first-order valence-electron chi connectivity index (χ1n) is 12.9. The van der Waals surface area contributed by atoms with Crippen molar-refractivity contribution in [2.75, 3.05) is 18.0 Å². The van der Waals surface area contributed by atoms with E-state index >= 15 is 0 Å². The molecule has 0 spiro atoms. The topological polar surface area (TPSA) is 87.4 Å². The van der Waals surface area contributed by atoms with Gasteiger partial charge in [0.25, 0.3) is 5.56 Å². The number of aromatic nitrogens is 5. The third-order valence-electron chi connectivity index (χ3n) is 7.90. The smallest absolute Gasteiger partial charge is 0.252 e. The second-order valence-corrected chi connectivity index (χ2v) is 9.98. The molecule has 0 unspecified atom stereocenters. The van der Waals surface area contributed by atoms with Crippen LogP contribution in [0.1, 0.15) is 50.9 Å². The average Bonchev–Trinajstić information content (AvgIpc) is 3.45. The molecule has 4 aromatic heterocycles. The van der Waals surface area contributed by atoms with Crippen LogP contribution in [0.5, 0.6) is 0 Å². The van der Waals surface area contributed by atoms with E-state index in [9.17, 15) is 9.18 Å². The molecule has 4 aromatic rings. The van der Waals surface area contributed by atoms with Crippen molar-refractivity contribution in [2.45, 2.75) is 65.2 Å². The Morgan fingerprint density at radius 2 is 1.92 bits per heavy atom. The zero-order valence-corrected chi connectivity index (χ0v) is 22.0. The van der Waals surface area contributed by atoms with Crippen LogP contribution in [0.3, 0.4) is 0 Å². The lowest BCUT2D eigenvalue weighted by Crippen LogP contribution is -2.58. The molecule has 0 aliphatic carbocycles. The number of nitriles is 1. The Balaban J connectivity index is 1.51. The zero-order valence-electron chi connectivity index (χ0n) is 22.0. The summed E-state index contributed by atoms with van der Waals surface area (Å²) in [6.45, 7) is 9.88. The van der Waals surface area contributed by atoms with E-state index in [1.165, 1.54) is 0 Å². The lowest BCUT2D eigenvalue weighted by Gasteiger charge is -2.49. The lowest BCUT2D eigenvalue weighted by molar-refractivity contribution is 0.101. The van der Waals surface area contributed by atoms with Crippen LogP contribution >= 0.6 is 0 Å². The summed E-state index contributed by atoms with van der Waals surface area (Å²) in [7, 11) is 1.74. The summed E-state index contributed by atoms with van der Waals surface area (Å²) in [4.78, 5) is 17.7. The summed E-state index contributed by atoms with van der Waals surface area (Å²) in [5, 5.41) is 18.1. The monoisotopic (exact) mass is 504 g/mol. The van der Waals surface area contributed by atoms with Crippen molar-refractivity contribution in [3.8, 4) is 6.07 Å². The average molecular weight is 505 g/mol. The molecule has 1 fully saturated rings. The van der Waals surface area contributed by atoms with Crippen LogP contribution in [0, 0.1) is 24.1 Å². The predicted octanol–water partition coefficient (Wildman–Crippen LogP) is 3.79. The maximum Gasteiger partial charge on any atom is 0.252 e. The maximum absolute atomic E-state index is 14.6. The molecule has 0 aromatic carbocycles. The summed E-state index contributed by atoms with van der Waals surface area (Å²) in [5.41, 5.74) is 4.14. The van der Waals surface area contributed by atoms with Crippen molar-refractivity contribution >= 4 is 22.2 Å². The number of piperazine rings is 1. The Bertz CT molecular complexity index is 1560. The first-order valence-corrected chi connectivity index (χ1v) is 12.9. The summed E-state index contributed by atoms with van der Waals surface area (Å²) in [5.74, 6) is -0.275. The van der Waals surface area contributed by atoms with Crippen LogP contribution in [0.2, 0.25) is 0 Å². The van der Waals surface area contributed by atoms with Crippen molar-refractivity contribution in [3.05, 3.63) is 58.0 Å². The summed E-state index contributed by atoms with van der Waals surface area (Å²) in [6, 6.07) is 8.22. The van der Waals surface area contributed by atoms with Crippen LogP contribution in [-0.4, -0.2) is 54.0 Å². The molecular formula is C27H33FN8O. The normalized spacial score (nSPS) is 19.5. The van der Waals surface area contributed by atoms with Gasteiger partial charge in [0.05, 0.1) is 29.2 Å². The number of aryl methyl sites for hydroxylation is 2. The van der Waals surface area contributed by atoms with Gasteiger partial charge in [0.1, 0.15) is 17.6 Å². The van der Waals surface area contributed by atoms with Crippen LogP contribution in [0.25, 0.3) is 16.6 Å². The second-order valence-electron chi connectivity index (χ2n) is 9.98. The highest BCUT2D eigenvalue weighted by atomic mass is 19.1. The fraction of sp³-hybridized carbons (Fsp3) is 0.481. The van der Waals surface area contributed by atoms with E-state index < -0.39 is 0 Å². The van der Waals surface area contributed by atoms with Crippen LogP contribution in [0.4, 0.5) is 10.1 Å². The van der Waals surface area contributed by atoms with Gasteiger partial charge in [0.2, 0.25) is 0 Å². The van der Waals surface area contributed by atoms with Crippen molar-refractivity contribution in [2.24, 2.45) is 7.05 Å². The molecule has 0 saturated carbocycles. The minimum Gasteiger partial charge on any atom is -0.364 e. The number of pyridine rings is 2. The molecule has 0 N–H and O–H groups in total. The summed E-state index contributed by atoms with van der Waals surface area (Å²) < 4.78 is 19.4. The van der Waals surface area contributed by atoms with Gasteiger partial charge < -0.3 is 9.47 Å². The highest BCUT2D eigenvalue weighted by Gasteiger charge is 2.36. The third kappa shape index (κ3) is 4.17. The van der Waals surface area contributed by atoms with E-state index in [1.54, 1.807) is 40.0 Å². The maximum atomic E-state index is 14.6. The lowest BCUT2D eigenvalue weighted by atomic mass is 9.96. The van der Waals surface area contributed by atoms with Gasteiger partial charge in [-0.2, -0.15) is 15.5 Å². The van der Waals surface area contributed by atoms with Crippen molar-refractivity contribution in [1.82, 2.24) is 28.9 Å². The van der Waals surface area contributed by atoms with Crippen molar-refractivity contribution in [3.63, 3.8) is 0 Å². The largest absolute Gasteiger partial charge is 0.364 e. The number of fused-ring (bicyclic) bond motifs is 2. The molecule has 10 heteroatoms. The van der Waals surface area contributed by atoms with E-state index in [0.717, 1.165) is 48.2 Å². The standard InChI is InChI=1S/C27H33FN8O/c1-6-20-15-35(23-13-25(37)32(5)24-16-33(11-9-29)31-27(23)24)21(7-2)14-34(20)18(4)19-8-10-36-22(12-19)26(28)17(3)30-36/h8,10,12-13,16,18,20-21H,6-7,11,14-15H2,1-5H3/t18-,20-,21+/m1/s1. The molecule has 1 saturated heterocycles. The Labute approximate surface area is 215 Å². The minimum atomic E-state index is -0.275. The number of hydrogen-bond donors (Lipinski definition) is 0. The molecule has 5 rings (SSSR count). The van der Waals surface area contributed by atoms with Gasteiger partial charge in [-0.15, -0.1) is 0 Å². The number of anilines is 1. The van der Waals surface area contributed by atoms with Gasteiger partial charge >= 0.3 is 0 Å². The van der Waals surface area contributed by atoms with Gasteiger partial charge in [-0.25, -0.2) is 8.91 Å². The van der Waals surface area contributed by atoms with Gasteiger partial charge in [0.15, 0.2) is 5.82 Å². The minimum absolute atomic E-state index is 0.0826. The second kappa shape index (κ2) is 9.63. The number of nitrogens with zero attached hydrogens (tertiary/aromatic N) is 8. The molecule has 1 aliphatic rings. The third-order valence-corrected chi connectivity index (χ3v) is 7.90. The molecule has 5 heterocycles. The molecule has 0 radical (unpaired) electrons. The first kappa shape index (κ1) is 25.0. The van der Waals surface area contributed by atoms with E-state index in [1.807, 2.05) is 18.3 Å². The predicted molar refractivity (Wildman–Crippen MR) is 141 cm³/mol. The SMILES string of the molecule is CC[C@H]1CN([C@H](C)c2ccn3nc(C)c(F)c3c2)[C@H](CC)CN1c1cc(=O)n(C)c2cn(CC#N)nc12. The number of hydrogen-bond acceptors (Lipinski definition) is 6. The quantitative estimate of drug-likeness (QED) is 0.397. The Morgan fingerprint density at radius 3 is 2.62 bits per heavy atom. The Kier molecular flexibility index (Phi) is 6.50.